The molecule has 1 aromatic heterocycles. The zero-order valence-electron chi connectivity index (χ0n) is 10.5. The van der Waals surface area contributed by atoms with Crippen molar-refractivity contribution < 1.29 is 18.3 Å². The molecular formula is C9H15BrN4O4S. The molecule has 1 aliphatic rings. The fourth-order valence-electron chi connectivity index (χ4n) is 2.02. The van der Waals surface area contributed by atoms with Crippen molar-refractivity contribution in [3.8, 4) is 0 Å². The Morgan fingerprint density at radius 1 is 1.53 bits per heavy atom. The lowest BCUT2D eigenvalue weighted by atomic mass is 10.2. The molecule has 2 atom stereocenters. The van der Waals surface area contributed by atoms with Crippen molar-refractivity contribution in [3.63, 3.8) is 0 Å². The molecule has 0 saturated carbocycles. The van der Waals surface area contributed by atoms with E-state index < -0.39 is 16.1 Å². The Labute approximate surface area is 119 Å². The number of rotatable bonds is 3. The minimum Gasteiger partial charge on any atom is -0.394 e. The van der Waals surface area contributed by atoms with Crippen LogP contribution in [0.4, 0.5) is 0 Å². The molecule has 1 aliphatic heterocycles. The van der Waals surface area contributed by atoms with Gasteiger partial charge < -0.3 is 9.84 Å². The average Bonchev–Trinajstić information content (AvgIpc) is 2.68. The average molecular weight is 355 g/mol. The van der Waals surface area contributed by atoms with Gasteiger partial charge in [-0.15, -0.1) is 5.10 Å². The molecule has 19 heavy (non-hydrogen) atoms. The number of halogens is 1. The summed E-state index contributed by atoms with van der Waals surface area (Å²) < 4.78 is 33.2. The standard InChI is InChI=1S/C9H15BrN4O4S/c1-6-3-14(4-7(5-15)18-6)19(16,17)9-8(10)11-12-13(9)2/h6-7,15H,3-5H2,1-2H3. The molecule has 0 spiro atoms. The van der Waals surface area contributed by atoms with Gasteiger partial charge in [-0.05, 0) is 22.9 Å². The minimum absolute atomic E-state index is 0.00158. The third kappa shape index (κ3) is 2.82. The number of hydrogen-bond donors (Lipinski definition) is 1. The van der Waals surface area contributed by atoms with Gasteiger partial charge in [-0.25, -0.2) is 13.1 Å². The fourth-order valence-corrected chi connectivity index (χ4v) is 4.60. The van der Waals surface area contributed by atoms with Crippen LogP contribution in [0.1, 0.15) is 6.92 Å². The van der Waals surface area contributed by atoms with E-state index in [9.17, 15) is 8.42 Å². The van der Waals surface area contributed by atoms with E-state index in [0.717, 1.165) is 0 Å². The van der Waals surface area contributed by atoms with Crippen LogP contribution in [0.15, 0.2) is 9.63 Å². The summed E-state index contributed by atoms with van der Waals surface area (Å²) in [4.78, 5) is 0. The summed E-state index contributed by atoms with van der Waals surface area (Å²) in [5.74, 6) is 0. The van der Waals surface area contributed by atoms with Crippen LogP contribution in [0.25, 0.3) is 0 Å². The van der Waals surface area contributed by atoms with Gasteiger partial charge >= 0.3 is 0 Å². The Morgan fingerprint density at radius 3 is 2.74 bits per heavy atom. The number of nitrogens with zero attached hydrogens (tertiary/aromatic N) is 4. The Bertz CT molecular complexity index is 541. The predicted molar refractivity (Wildman–Crippen MR) is 68.9 cm³/mol. The number of aliphatic hydroxyl groups excluding tert-OH is 1. The molecule has 1 saturated heterocycles. The van der Waals surface area contributed by atoms with Crippen LogP contribution >= 0.6 is 15.9 Å². The van der Waals surface area contributed by atoms with E-state index in [1.54, 1.807) is 6.92 Å². The Balaban J connectivity index is 2.34. The van der Waals surface area contributed by atoms with Crippen molar-refractivity contribution in [2.24, 2.45) is 7.05 Å². The summed E-state index contributed by atoms with van der Waals surface area (Å²) in [5.41, 5.74) is 0. The number of sulfonamides is 1. The normalized spacial score (nSPS) is 25.7. The van der Waals surface area contributed by atoms with E-state index in [0.29, 0.717) is 0 Å². The molecule has 0 radical (unpaired) electrons. The lowest BCUT2D eigenvalue weighted by molar-refractivity contribution is -0.0751. The Morgan fingerprint density at radius 2 is 2.21 bits per heavy atom. The first kappa shape index (κ1) is 14.9. The second-order valence-corrected chi connectivity index (χ2v) is 6.99. The number of hydrogen-bond acceptors (Lipinski definition) is 6. The summed E-state index contributed by atoms with van der Waals surface area (Å²) in [6.07, 6.45) is -0.792. The summed E-state index contributed by atoms with van der Waals surface area (Å²) in [5, 5.41) is 16.5. The predicted octanol–water partition coefficient (Wildman–Crippen LogP) is -0.652. The first-order valence-corrected chi connectivity index (χ1v) is 7.91. The molecule has 108 valence electrons. The van der Waals surface area contributed by atoms with Gasteiger partial charge in [0.15, 0.2) is 4.60 Å². The molecule has 10 heteroatoms. The third-order valence-electron chi connectivity index (χ3n) is 2.82. The molecule has 1 aromatic rings. The summed E-state index contributed by atoms with van der Waals surface area (Å²) in [6, 6.07) is 0. The second kappa shape index (κ2) is 5.44. The van der Waals surface area contributed by atoms with Gasteiger partial charge in [0.25, 0.3) is 10.0 Å². The summed E-state index contributed by atoms with van der Waals surface area (Å²) in [7, 11) is -2.21. The number of ether oxygens (including phenoxy) is 1. The van der Waals surface area contributed by atoms with Gasteiger partial charge in [-0.2, -0.15) is 4.31 Å². The summed E-state index contributed by atoms with van der Waals surface area (Å²) in [6.45, 7) is 1.89. The molecule has 0 amide bonds. The maximum Gasteiger partial charge on any atom is 0.263 e. The van der Waals surface area contributed by atoms with Gasteiger partial charge in [0.1, 0.15) is 0 Å². The van der Waals surface area contributed by atoms with Crippen molar-refractivity contribution in [2.45, 2.75) is 24.2 Å². The molecule has 0 aromatic carbocycles. The minimum atomic E-state index is -3.72. The second-order valence-electron chi connectivity index (χ2n) is 4.38. The summed E-state index contributed by atoms with van der Waals surface area (Å²) >= 11 is 3.09. The molecule has 2 heterocycles. The number of aliphatic hydroxyl groups is 1. The van der Waals surface area contributed by atoms with Gasteiger partial charge in [-0.1, -0.05) is 5.21 Å². The molecule has 2 unspecified atom stereocenters. The maximum atomic E-state index is 12.6. The largest absolute Gasteiger partial charge is 0.394 e. The highest BCUT2D eigenvalue weighted by Gasteiger charge is 2.36. The van der Waals surface area contributed by atoms with Crippen molar-refractivity contribution in [1.82, 2.24) is 19.3 Å². The molecule has 0 aliphatic carbocycles. The highest BCUT2D eigenvalue weighted by atomic mass is 79.9. The van der Waals surface area contributed by atoms with Gasteiger partial charge in [0.05, 0.1) is 18.8 Å². The lowest BCUT2D eigenvalue weighted by Crippen LogP contribution is -2.50. The molecule has 2 rings (SSSR count). The van der Waals surface area contributed by atoms with E-state index in [1.165, 1.54) is 16.0 Å². The topological polar surface area (TPSA) is 97.6 Å². The Hall–Kier alpha value is -0.550. The number of aryl methyl sites for hydroxylation is 1. The van der Waals surface area contributed by atoms with Gasteiger partial charge in [0, 0.05) is 20.1 Å². The first-order valence-electron chi connectivity index (χ1n) is 5.68. The quantitative estimate of drug-likeness (QED) is 0.774. The van der Waals surface area contributed by atoms with Crippen LogP contribution in [0, 0.1) is 0 Å². The van der Waals surface area contributed by atoms with E-state index in [2.05, 4.69) is 26.2 Å². The van der Waals surface area contributed by atoms with Crippen molar-refractivity contribution >= 4 is 26.0 Å². The maximum absolute atomic E-state index is 12.6. The fraction of sp³-hybridized carbons (Fsp3) is 0.778. The van der Waals surface area contributed by atoms with Crippen molar-refractivity contribution in [3.05, 3.63) is 4.60 Å². The SMILES string of the molecule is CC1CN(S(=O)(=O)c2c(Br)nnn2C)CC(CO)O1. The van der Waals surface area contributed by atoms with Crippen LogP contribution in [-0.4, -0.2) is 64.7 Å². The molecule has 8 nitrogen and oxygen atoms in total. The number of aromatic nitrogens is 3. The zero-order valence-corrected chi connectivity index (χ0v) is 12.9. The zero-order chi connectivity index (χ0) is 14.2. The highest BCUT2D eigenvalue weighted by molar-refractivity contribution is 9.10. The van der Waals surface area contributed by atoms with E-state index in [4.69, 9.17) is 9.84 Å². The van der Waals surface area contributed by atoms with E-state index in [1.807, 2.05) is 0 Å². The Kier molecular flexibility index (Phi) is 4.26. The van der Waals surface area contributed by atoms with Crippen LogP contribution < -0.4 is 0 Å². The lowest BCUT2D eigenvalue weighted by Gasteiger charge is -2.34. The molecule has 1 fully saturated rings. The monoisotopic (exact) mass is 354 g/mol. The van der Waals surface area contributed by atoms with E-state index in [-0.39, 0.29) is 35.4 Å². The van der Waals surface area contributed by atoms with Crippen LogP contribution in [0.2, 0.25) is 0 Å². The van der Waals surface area contributed by atoms with Crippen molar-refractivity contribution in [1.29, 1.82) is 0 Å². The first-order chi connectivity index (χ1) is 8.86. The smallest absolute Gasteiger partial charge is 0.263 e. The number of morpholine rings is 1. The molecular weight excluding hydrogens is 340 g/mol. The third-order valence-corrected chi connectivity index (χ3v) is 5.54. The van der Waals surface area contributed by atoms with Gasteiger partial charge in [-0.3, -0.25) is 0 Å². The van der Waals surface area contributed by atoms with Crippen LogP contribution in [0.5, 0.6) is 0 Å². The molecule has 1 N–H and O–H groups in total. The van der Waals surface area contributed by atoms with Crippen molar-refractivity contribution in [2.75, 3.05) is 19.7 Å². The van der Waals surface area contributed by atoms with Crippen LogP contribution in [0.3, 0.4) is 0 Å². The molecule has 0 bridgehead atoms. The highest BCUT2D eigenvalue weighted by Crippen LogP contribution is 2.25. The van der Waals surface area contributed by atoms with E-state index >= 15 is 0 Å². The van der Waals surface area contributed by atoms with Gasteiger partial charge in [0.2, 0.25) is 5.03 Å². The van der Waals surface area contributed by atoms with Crippen LogP contribution in [-0.2, 0) is 21.8 Å².